The maximum absolute atomic E-state index is 9.91. The van der Waals surface area contributed by atoms with Crippen molar-refractivity contribution in [3.05, 3.63) is 29.8 Å². The fourth-order valence-electron chi connectivity index (χ4n) is 2.34. The molecule has 1 aliphatic heterocycles. The lowest BCUT2D eigenvalue weighted by Crippen LogP contribution is -2.34. The molecule has 2 N–H and O–H groups in total. The maximum atomic E-state index is 9.91. The van der Waals surface area contributed by atoms with Crippen molar-refractivity contribution < 1.29 is 14.9 Å². The van der Waals surface area contributed by atoms with Crippen LogP contribution in [0.3, 0.4) is 0 Å². The van der Waals surface area contributed by atoms with Gasteiger partial charge >= 0.3 is 0 Å². The van der Waals surface area contributed by atoms with E-state index in [2.05, 4.69) is 11.8 Å². The molecule has 1 saturated heterocycles. The number of nitrogens with zero attached hydrogens (tertiary/aromatic N) is 1. The van der Waals surface area contributed by atoms with E-state index in [0.29, 0.717) is 13.1 Å². The van der Waals surface area contributed by atoms with Gasteiger partial charge in [-0.25, -0.2) is 0 Å². The van der Waals surface area contributed by atoms with E-state index in [1.807, 2.05) is 24.3 Å². The third kappa shape index (κ3) is 4.49. The Morgan fingerprint density at radius 3 is 2.68 bits per heavy atom. The molecule has 0 spiro atoms. The van der Waals surface area contributed by atoms with E-state index in [4.69, 9.17) is 4.74 Å². The molecule has 0 aromatic heterocycles. The summed E-state index contributed by atoms with van der Waals surface area (Å²) in [5.41, 5.74) is 1.28. The van der Waals surface area contributed by atoms with Crippen LogP contribution in [-0.2, 0) is 6.42 Å². The second kappa shape index (κ2) is 6.89. The molecular formula is C15H23NO3. The molecule has 1 aliphatic rings. The van der Waals surface area contributed by atoms with Gasteiger partial charge in [0.05, 0.1) is 6.10 Å². The van der Waals surface area contributed by atoms with Gasteiger partial charge in [0.25, 0.3) is 0 Å². The van der Waals surface area contributed by atoms with Gasteiger partial charge in [0.1, 0.15) is 18.5 Å². The number of benzene rings is 1. The number of aliphatic hydroxyl groups excluding tert-OH is 2. The highest BCUT2D eigenvalue weighted by Crippen LogP contribution is 2.13. The zero-order valence-electron chi connectivity index (χ0n) is 11.5. The molecule has 1 aromatic rings. The van der Waals surface area contributed by atoms with Crippen molar-refractivity contribution in [1.82, 2.24) is 4.90 Å². The van der Waals surface area contributed by atoms with E-state index in [-0.39, 0.29) is 12.7 Å². The van der Waals surface area contributed by atoms with Crippen molar-refractivity contribution in [2.75, 3.05) is 26.2 Å². The summed E-state index contributed by atoms with van der Waals surface area (Å²) in [4.78, 5) is 2.07. The summed E-state index contributed by atoms with van der Waals surface area (Å²) in [5.74, 6) is 0.790. The van der Waals surface area contributed by atoms with Crippen LogP contribution < -0.4 is 4.74 Å². The highest BCUT2D eigenvalue weighted by molar-refractivity contribution is 5.27. The summed E-state index contributed by atoms with van der Waals surface area (Å²) >= 11 is 0. The summed E-state index contributed by atoms with van der Waals surface area (Å²) in [6.45, 7) is 4.47. The molecule has 19 heavy (non-hydrogen) atoms. The van der Waals surface area contributed by atoms with Crippen LogP contribution in [0.4, 0.5) is 0 Å². The van der Waals surface area contributed by atoms with Crippen molar-refractivity contribution >= 4 is 0 Å². The minimum absolute atomic E-state index is 0.241. The molecule has 0 aliphatic carbocycles. The van der Waals surface area contributed by atoms with Crippen molar-refractivity contribution in [2.24, 2.45) is 0 Å². The predicted octanol–water partition coefficient (Wildman–Crippen LogP) is 1.06. The summed E-state index contributed by atoms with van der Waals surface area (Å²) < 4.78 is 5.57. The van der Waals surface area contributed by atoms with Gasteiger partial charge in [-0.1, -0.05) is 19.1 Å². The number of hydrogen-bond donors (Lipinski definition) is 2. The predicted molar refractivity (Wildman–Crippen MR) is 74.4 cm³/mol. The van der Waals surface area contributed by atoms with E-state index < -0.39 is 6.10 Å². The van der Waals surface area contributed by atoms with E-state index in [1.165, 1.54) is 5.56 Å². The van der Waals surface area contributed by atoms with Gasteiger partial charge in [0.15, 0.2) is 0 Å². The molecule has 4 nitrogen and oxygen atoms in total. The molecule has 0 saturated carbocycles. The number of hydrogen-bond acceptors (Lipinski definition) is 4. The minimum Gasteiger partial charge on any atom is -0.491 e. The zero-order chi connectivity index (χ0) is 13.7. The van der Waals surface area contributed by atoms with Gasteiger partial charge in [-0.05, 0) is 30.5 Å². The fraction of sp³-hybridized carbons (Fsp3) is 0.600. The number of β-amino-alcohol motifs (C(OH)–C–C–N with tert-alkyl or cyclic N) is 2. The molecule has 0 bridgehead atoms. The van der Waals surface area contributed by atoms with Crippen molar-refractivity contribution in [3.63, 3.8) is 0 Å². The first kappa shape index (κ1) is 14.3. The van der Waals surface area contributed by atoms with Crippen LogP contribution in [0.2, 0.25) is 0 Å². The Hall–Kier alpha value is -1.10. The van der Waals surface area contributed by atoms with Gasteiger partial charge in [-0.15, -0.1) is 0 Å². The Bertz CT molecular complexity index is 379. The molecule has 1 aromatic carbocycles. The second-order valence-electron chi connectivity index (χ2n) is 5.16. The van der Waals surface area contributed by atoms with Crippen LogP contribution in [0.5, 0.6) is 5.75 Å². The first-order valence-corrected chi connectivity index (χ1v) is 6.97. The van der Waals surface area contributed by atoms with Gasteiger partial charge in [0.2, 0.25) is 0 Å². The fourth-order valence-corrected chi connectivity index (χ4v) is 2.34. The van der Waals surface area contributed by atoms with E-state index in [1.54, 1.807) is 0 Å². The van der Waals surface area contributed by atoms with Gasteiger partial charge in [0, 0.05) is 19.6 Å². The van der Waals surface area contributed by atoms with Crippen molar-refractivity contribution in [2.45, 2.75) is 32.0 Å². The van der Waals surface area contributed by atoms with Crippen molar-refractivity contribution in [1.29, 1.82) is 0 Å². The maximum Gasteiger partial charge on any atom is 0.119 e. The van der Waals surface area contributed by atoms with Gasteiger partial charge in [-0.2, -0.15) is 0 Å². The molecule has 2 atom stereocenters. The van der Waals surface area contributed by atoms with E-state index >= 15 is 0 Å². The van der Waals surface area contributed by atoms with Crippen LogP contribution in [0.15, 0.2) is 24.3 Å². The third-order valence-corrected chi connectivity index (χ3v) is 3.49. The second-order valence-corrected chi connectivity index (χ2v) is 5.16. The van der Waals surface area contributed by atoms with Crippen LogP contribution >= 0.6 is 0 Å². The van der Waals surface area contributed by atoms with E-state index in [0.717, 1.165) is 25.1 Å². The lowest BCUT2D eigenvalue weighted by atomic mass is 10.2. The highest BCUT2D eigenvalue weighted by atomic mass is 16.5. The Kier molecular flexibility index (Phi) is 5.19. The largest absolute Gasteiger partial charge is 0.491 e. The number of rotatable bonds is 6. The van der Waals surface area contributed by atoms with Gasteiger partial charge in [-0.3, -0.25) is 4.90 Å². The first-order chi connectivity index (χ1) is 9.17. The topological polar surface area (TPSA) is 52.9 Å². The summed E-state index contributed by atoms with van der Waals surface area (Å²) in [6.07, 6.45) is 1.05. The molecule has 2 rings (SSSR count). The SMILES string of the molecule is CCc1ccc(OCC(O)CN2CCC(O)C2)cc1. The summed E-state index contributed by atoms with van der Waals surface area (Å²) in [6, 6.07) is 7.95. The molecule has 2 unspecified atom stereocenters. The normalized spacial score (nSPS) is 21.5. The minimum atomic E-state index is -0.517. The lowest BCUT2D eigenvalue weighted by Gasteiger charge is -2.19. The molecule has 106 valence electrons. The Morgan fingerprint density at radius 1 is 1.37 bits per heavy atom. The third-order valence-electron chi connectivity index (χ3n) is 3.49. The van der Waals surface area contributed by atoms with Crippen LogP contribution in [0.1, 0.15) is 18.9 Å². The number of aryl methyl sites for hydroxylation is 1. The monoisotopic (exact) mass is 265 g/mol. The van der Waals surface area contributed by atoms with E-state index in [9.17, 15) is 10.2 Å². The Balaban J connectivity index is 1.71. The standard InChI is InChI=1S/C15H23NO3/c1-2-12-3-5-15(6-4-12)19-11-14(18)10-16-8-7-13(17)9-16/h3-6,13-14,17-18H,2,7-11H2,1H3. The van der Waals surface area contributed by atoms with Crippen LogP contribution in [0.25, 0.3) is 0 Å². The van der Waals surface area contributed by atoms with Crippen LogP contribution in [0, 0.1) is 0 Å². The summed E-state index contributed by atoms with van der Waals surface area (Å²) in [5, 5.41) is 19.3. The molecule has 4 heteroatoms. The quantitative estimate of drug-likeness (QED) is 0.807. The van der Waals surface area contributed by atoms with Crippen LogP contribution in [-0.4, -0.2) is 53.6 Å². The Labute approximate surface area is 114 Å². The molecular weight excluding hydrogens is 242 g/mol. The van der Waals surface area contributed by atoms with Crippen molar-refractivity contribution in [3.8, 4) is 5.75 Å². The smallest absolute Gasteiger partial charge is 0.119 e. The molecule has 0 radical (unpaired) electrons. The average molecular weight is 265 g/mol. The number of ether oxygens (including phenoxy) is 1. The Morgan fingerprint density at radius 2 is 2.11 bits per heavy atom. The zero-order valence-corrected chi connectivity index (χ0v) is 11.5. The first-order valence-electron chi connectivity index (χ1n) is 6.97. The van der Waals surface area contributed by atoms with Gasteiger partial charge < -0.3 is 14.9 Å². The number of aliphatic hydroxyl groups is 2. The molecule has 1 heterocycles. The number of likely N-dealkylation sites (tertiary alicyclic amines) is 1. The lowest BCUT2D eigenvalue weighted by molar-refractivity contribution is 0.0707. The molecule has 1 fully saturated rings. The molecule has 0 amide bonds. The summed E-state index contributed by atoms with van der Waals surface area (Å²) in [7, 11) is 0. The highest BCUT2D eigenvalue weighted by Gasteiger charge is 2.22. The average Bonchev–Trinajstić information content (AvgIpc) is 2.82.